The second kappa shape index (κ2) is 10.4. The van der Waals surface area contributed by atoms with E-state index in [1.807, 2.05) is 19.9 Å². The Kier molecular flexibility index (Phi) is 8.55. The van der Waals surface area contributed by atoms with E-state index < -0.39 is 0 Å². The van der Waals surface area contributed by atoms with Gasteiger partial charge in [-0.2, -0.15) is 0 Å². The standard InChI is InChI=1S/C8H9F.C8H10.C7H7F/c1-6-3-4-7(2)8(9)5-6;1-7-3-5-8(2)6-4-7;1-6-2-4-7(8)5-3-6/h3-5H,1-2H3;3-6H,1-2H3;2-5H,1H3. The molecule has 0 bridgehead atoms. The Morgan fingerprint density at radius 2 is 0.840 bits per heavy atom. The van der Waals surface area contributed by atoms with Crippen molar-refractivity contribution in [2.75, 3.05) is 0 Å². The van der Waals surface area contributed by atoms with Crippen molar-refractivity contribution < 1.29 is 8.78 Å². The van der Waals surface area contributed by atoms with Crippen LogP contribution in [0.1, 0.15) is 27.8 Å². The van der Waals surface area contributed by atoms with Gasteiger partial charge in [0, 0.05) is 0 Å². The highest BCUT2D eigenvalue weighted by molar-refractivity contribution is 5.21. The second-order valence-corrected chi connectivity index (χ2v) is 6.20. The zero-order valence-corrected chi connectivity index (χ0v) is 15.6. The van der Waals surface area contributed by atoms with Crippen molar-refractivity contribution in [3.8, 4) is 0 Å². The molecule has 3 aromatic rings. The molecule has 0 aromatic heterocycles. The first-order valence-electron chi connectivity index (χ1n) is 8.26. The topological polar surface area (TPSA) is 0 Å². The lowest BCUT2D eigenvalue weighted by atomic mass is 10.2. The largest absolute Gasteiger partial charge is 0.207 e. The Balaban J connectivity index is 0.000000188. The highest BCUT2D eigenvalue weighted by Crippen LogP contribution is 2.07. The van der Waals surface area contributed by atoms with Crippen LogP contribution in [0.5, 0.6) is 0 Å². The first-order chi connectivity index (χ1) is 11.8. The Morgan fingerprint density at radius 1 is 0.480 bits per heavy atom. The van der Waals surface area contributed by atoms with E-state index in [-0.39, 0.29) is 11.6 Å². The van der Waals surface area contributed by atoms with Gasteiger partial charge in [-0.25, -0.2) is 8.78 Å². The summed E-state index contributed by atoms with van der Waals surface area (Å²) in [4.78, 5) is 0. The summed E-state index contributed by atoms with van der Waals surface area (Å²) >= 11 is 0. The van der Waals surface area contributed by atoms with E-state index in [1.165, 1.54) is 29.3 Å². The van der Waals surface area contributed by atoms with Crippen molar-refractivity contribution in [1.29, 1.82) is 0 Å². The molecule has 3 aromatic carbocycles. The van der Waals surface area contributed by atoms with Crippen LogP contribution in [-0.2, 0) is 0 Å². The zero-order chi connectivity index (χ0) is 18.8. The van der Waals surface area contributed by atoms with Crippen molar-refractivity contribution >= 4 is 0 Å². The van der Waals surface area contributed by atoms with Crippen molar-refractivity contribution in [2.24, 2.45) is 0 Å². The molecular formula is C23H26F2. The lowest BCUT2D eigenvalue weighted by molar-refractivity contribution is 0.617. The average Bonchev–Trinajstić information content (AvgIpc) is 2.58. The predicted molar refractivity (Wildman–Crippen MR) is 103 cm³/mol. The van der Waals surface area contributed by atoms with Crippen molar-refractivity contribution in [3.63, 3.8) is 0 Å². The van der Waals surface area contributed by atoms with Crippen LogP contribution in [0.15, 0.2) is 66.7 Å². The summed E-state index contributed by atoms with van der Waals surface area (Å²) in [5.74, 6) is -0.286. The fourth-order valence-corrected chi connectivity index (χ4v) is 1.87. The molecule has 0 amide bonds. The third-order valence-electron chi connectivity index (χ3n) is 3.56. The van der Waals surface area contributed by atoms with E-state index in [4.69, 9.17) is 0 Å². The molecular weight excluding hydrogens is 314 g/mol. The maximum atomic E-state index is 12.6. The first-order valence-corrected chi connectivity index (χ1v) is 8.26. The van der Waals surface area contributed by atoms with Gasteiger partial charge >= 0.3 is 0 Å². The summed E-state index contributed by atoms with van der Waals surface area (Å²) in [6, 6.07) is 20.1. The van der Waals surface area contributed by atoms with Gasteiger partial charge < -0.3 is 0 Å². The summed E-state index contributed by atoms with van der Waals surface area (Å²) in [6.45, 7) is 9.76. The minimum absolute atomic E-state index is 0.116. The summed E-state index contributed by atoms with van der Waals surface area (Å²) in [7, 11) is 0. The van der Waals surface area contributed by atoms with Gasteiger partial charge in [-0.3, -0.25) is 0 Å². The third-order valence-corrected chi connectivity index (χ3v) is 3.56. The first kappa shape index (κ1) is 20.6. The number of benzene rings is 3. The Labute approximate surface area is 150 Å². The molecule has 0 nitrogen and oxygen atoms in total. The minimum Gasteiger partial charge on any atom is -0.207 e. The predicted octanol–water partition coefficient (Wildman–Crippen LogP) is 6.88. The van der Waals surface area contributed by atoms with Gasteiger partial charge in [0.05, 0.1) is 0 Å². The fourth-order valence-electron chi connectivity index (χ4n) is 1.87. The molecule has 0 fully saturated rings. The zero-order valence-electron chi connectivity index (χ0n) is 15.6. The summed E-state index contributed by atoms with van der Waals surface area (Å²) in [5, 5.41) is 0. The normalized spacial score (nSPS) is 9.40. The molecule has 0 atom stereocenters. The third kappa shape index (κ3) is 8.80. The smallest absolute Gasteiger partial charge is 0.126 e. The van der Waals surface area contributed by atoms with Crippen molar-refractivity contribution in [3.05, 3.63) is 106 Å². The number of hydrogen-bond acceptors (Lipinski definition) is 0. The molecule has 0 saturated heterocycles. The van der Waals surface area contributed by atoms with Crippen LogP contribution in [0.2, 0.25) is 0 Å². The van der Waals surface area contributed by atoms with Crippen LogP contribution in [-0.4, -0.2) is 0 Å². The average molecular weight is 340 g/mol. The SMILES string of the molecule is Cc1ccc(C)c(F)c1.Cc1ccc(C)cc1.Cc1ccc(F)cc1. The van der Waals surface area contributed by atoms with Gasteiger partial charge in [-0.1, -0.05) is 65.2 Å². The van der Waals surface area contributed by atoms with E-state index in [1.54, 1.807) is 25.1 Å². The number of halogens is 2. The van der Waals surface area contributed by atoms with Crippen LogP contribution in [0.3, 0.4) is 0 Å². The molecule has 0 saturated carbocycles. The van der Waals surface area contributed by atoms with Crippen LogP contribution < -0.4 is 0 Å². The van der Waals surface area contributed by atoms with Crippen LogP contribution in [0.25, 0.3) is 0 Å². The summed E-state index contributed by atoms with van der Waals surface area (Å²) < 4.78 is 24.7. The number of rotatable bonds is 0. The molecule has 0 aliphatic carbocycles. The van der Waals surface area contributed by atoms with E-state index in [0.717, 1.165) is 11.1 Å². The van der Waals surface area contributed by atoms with E-state index in [0.29, 0.717) is 5.56 Å². The van der Waals surface area contributed by atoms with Gasteiger partial charge in [0.25, 0.3) is 0 Å². The van der Waals surface area contributed by atoms with Crippen LogP contribution in [0, 0.1) is 46.3 Å². The summed E-state index contributed by atoms with van der Waals surface area (Å²) in [5.41, 5.74) is 5.43. The minimum atomic E-state index is -0.171. The maximum Gasteiger partial charge on any atom is 0.126 e. The van der Waals surface area contributed by atoms with Gasteiger partial charge in [-0.05, 0) is 63.9 Å². The lowest BCUT2D eigenvalue weighted by Gasteiger charge is -1.94. The molecule has 25 heavy (non-hydrogen) atoms. The van der Waals surface area contributed by atoms with Crippen LogP contribution >= 0.6 is 0 Å². The molecule has 0 unspecified atom stereocenters. The van der Waals surface area contributed by atoms with E-state index in [9.17, 15) is 8.78 Å². The monoisotopic (exact) mass is 340 g/mol. The van der Waals surface area contributed by atoms with Crippen molar-refractivity contribution in [2.45, 2.75) is 34.6 Å². The Bertz CT molecular complexity index is 672. The Morgan fingerprint density at radius 3 is 1.16 bits per heavy atom. The molecule has 0 N–H and O–H groups in total. The molecule has 0 radical (unpaired) electrons. The summed E-state index contributed by atoms with van der Waals surface area (Å²) in [6.07, 6.45) is 0. The second-order valence-electron chi connectivity index (χ2n) is 6.20. The molecule has 2 heteroatoms. The van der Waals surface area contributed by atoms with Gasteiger partial charge in [0.15, 0.2) is 0 Å². The van der Waals surface area contributed by atoms with Gasteiger partial charge in [0.2, 0.25) is 0 Å². The molecule has 0 spiro atoms. The molecule has 0 heterocycles. The molecule has 0 aliphatic heterocycles. The molecule has 132 valence electrons. The quantitative estimate of drug-likeness (QED) is 0.418. The van der Waals surface area contributed by atoms with Gasteiger partial charge in [0.1, 0.15) is 11.6 Å². The molecule has 3 rings (SSSR count). The van der Waals surface area contributed by atoms with Crippen LogP contribution in [0.4, 0.5) is 8.78 Å². The fraction of sp³-hybridized carbons (Fsp3) is 0.217. The molecule has 0 aliphatic rings. The Hall–Kier alpha value is -2.48. The van der Waals surface area contributed by atoms with E-state index in [2.05, 4.69) is 38.1 Å². The maximum absolute atomic E-state index is 12.6. The van der Waals surface area contributed by atoms with Gasteiger partial charge in [-0.15, -0.1) is 0 Å². The van der Waals surface area contributed by atoms with E-state index >= 15 is 0 Å². The highest BCUT2D eigenvalue weighted by Gasteiger charge is 1.93. The van der Waals surface area contributed by atoms with Crippen molar-refractivity contribution in [1.82, 2.24) is 0 Å². The number of aryl methyl sites for hydroxylation is 5. The number of hydrogen-bond donors (Lipinski definition) is 0. The lowest BCUT2D eigenvalue weighted by Crippen LogP contribution is -1.81. The highest BCUT2D eigenvalue weighted by atomic mass is 19.1.